The molecule has 1 fully saturated rings. The molecule has 1 amide bonds. The van der Waals surface area contributed by atoms with Gasteiger partial charge in [0.2, 0.25) is 0 Å². The lowest BCUT2D eigenvalue weighted by atomic mass is 9.87. The lowest BCUT2D eigenvalue weighted by Crippen LogP contribution is -2.44. The van der Waals surface area contributed by atoms with Gasteiger partial charge in [-0.2, -0.15) is 5.10 Å². The number of hydrogen-bond donors (Lipinski definition) is 3. The maximum absolute atomic E-state index is 14.3. The van der Waals surface area contributed by atoms with Crippen LogP contribution < -0.4 is 21.5 Å². The second kappa shape index (κ2) is 9.21. The van der Waals surface area contributed by atoms with E-state index >= 15 is 0 Å². The number of nitrogens with one attached hydrogen (secondary N) is 2. The summed E-state index contributed by atoms with van der Waals surface area (Å²) in [6.45, 7) is 2.60. The number of rotatable bonds is 8. The summed E-state index contributed by atoms with van der Waals surface area (Å²) in [6.07, 6.45) is 2.92. The highest BCUT2D eigenvalue weighted by Gasteiger charge is 2.54. The summed E-state index contributed by atoms with van der Waals surface area (Å²) in [5.41, 5.74) is -2.68. The second-order valence-electron chi connectivity index (χ2n) is 9.57. The van der Waals surface area contributed by atoms with Crippen molar-refractivity contribution in [2.75, 3.05) is 31.3 Å². The molecule has 1 aliphatic heterocycles. The van der Waals surface area contributed by atoms with Crippen molar-refractivity contribution in [3.63, 3.8) is 0 Å². The lowest BCUT2D eigenvalue weighted by Gasteiger charge is -2.34. The molecule has 0 spiro atoms. The Morgan fingerprint density at radius 1 is 1.30 bits per heavy atom. The predicted octanol–water partition coefficient (Wildman–Crippen LogP) is 2.09. The Balaban J connectivity index is 1.74. The van der Waals surface area contributed by atoms with Gasteiger partial charge >= 0.3 is 0 Å². The van der Waals surface area contributed by atoms with Crippen molar-refractivity contribution >= 4 is 23.0 Å². The smallest absolute Gasteiger partial charge is 0.275 e. The van der Waals surface area contributed by atoms with Crippen LogP contribution in [0.25, 0.3) is 0 Å². The number of aromatic nitrogens is 3. The van der Waals surface area contributed by atoms with E-state index in [1.807, 2.05) is 6.92 Å². The van der Waals surface area contributed by atoms with Crippen LogP contribution in [0.3, 0.4) is 0 Å². The van der Waals surface area contributed by atoms with Crippen LogP contribution >= 0.6 is 0 Å². The fourth-order valence-electron chi connectivity index (χ4n) is 4.50. The zero-order chi connectivity index (χ0) is 27.3. The third kappa shape index (κ3) is 4.66. The largest absolute Gasteiger partial charge is 0.504 e. The quantitative estimate of drug-likeness (QED) is 0.383. The van der Waals surface area contributed by atoms with E-state index in [-0.39, 0.29) is 22.8 Å². The van der Waals surface area contributed by atoms with Gasteiger partial charge in [-0.3, -0.25) is 19.1 Å². The van der Waals surface area contributed by atoms with Gasteiger partial charge in [-0.1, -0.05) is 6.92 Å². The van der Waals surface area contributed by atoms with Crippen molar-refractivity contribution in [1.82, 2.24) is 19.7 Å². The van der Waals surface area contributed by atoms with Gasteiger partial charge in [-0.15, -0.1) is 0 Å². The summed E-state index contributed by atoms with van der Waals surface area (Å²) in [5, 5.41) is 20.7. The van der Waals surface area contributed by atoms with Crippen LogP contribution in [-0.2, 0) is 18.2 Å². The van der Waals surface area contributed by atoms with E-state index in [2.05, 4.69) is 20.7 Å². The highest BCUT2D eigenvalue weighted by molar-refractivity contribution is 5.97. The number of pyridine rings is 1. The van der Waals surface area contributed by atoms with E-state index in [1.165, 1.54) is 38.2 Å². The van der Waals surface area contributed by atoms with Crippen LogP contribution in [0.1, 0.15) is 48.1 Å². The third-order valence-corrected chi connectivity index (χ3v) is 6.42. The van der Waals surface area contributed by atoms with E-state index < -0.39 is 53.1 Å². The minimum absolute atomic E-state index is 0.0335. The monoisotopic (exact) mass is 518 g/mol. The van der Waals surface area contributed by atoms with Crippen molar-refractivity contribution in [1.29, 1.82) is 0 Å². The second-order valence-corrected chi connectivity index (χ2v) is 9.57. The SMILES string of the molecule is CCc1cn(C)nc1C(Nc1c(Nc2ccnc(C(=O)N(C)C)c2O)c(=O)c1=O)[C@]1(C)CC(F)(F)CO1. The first-order valence-electron chi connectivity index (χ1n) is 11.6. The molecule has 2 atom stereocenters. The summed E-state index contributed by atoms with van der Waals surface area (Å²) < 4.78 is 35.6. The average molecular weight is 519 g/mol. The molecule has 13 heteroatoms. The number of hydrogen-bond acceptors (Lipinski definition) is 9. The van der Waals surface area contributed by atoms with Gasteiger partial charge in [-0.05, 0) is 25.0 Å². The molecule has 2 aromatic heterocycles. The highest BCUT2D eigenvalue weighted by Crippen LogP contribution is 2.46. The Labute approximate surface area is 210 Å². The minimum atomic E-state index is -3.08. The average Bonchev–Trinajstić information content (AvgIpc) is 3.36. The highest BCUT2D eigenvalue weighted by atomic mass is 19.3. The fraction of sp³-hybridized carbons (Fsp3) is 0.458. The van der Waals surface area contributed by atoms with Gasteiger partial charge < -0.3 is 25.4 Å². The molecule has 0 radical (unpaired) electrons. The number of aromatic hydroxyl groups is 1. The number of carbonyl (C=O) groups excluding carboxylic acids is 1. The van der Waals surface area contributed by atoms with Crippen LogP contribution in [0.15, 0.2) is 28.0 Å². The zero-order valence-corrected chi connectivity index (χ0v) is 21.1. The number of halogens is 2. The van der Waals surface area contributed by atoms with Crippen molar-refractivity contribution in [3.05, 3.63) is 55.9 Å². The Morgan fingerprint density at radius 3 is 2.57 bits per heavy atom. The number of carbonyl (C=O) groups is 1. The molecule has 1 aromatic carbocycles. The van der Waals surface area contributed by atoms with Crippen LogP contribution in [0.5, 0.6) is 5.75 Å². The van der Waals surface area contributed by atoms with Gasteiger partial charge in [0.05, 0.1) is 23.0 Å². The molecule has 1 unspecified atom stereocenters. The number of aryl methyl sites for hydroxylation is 2. The van der Waals surface area contributed by atoms with Gasteiger partial charge in [0, 0.05) is 40.0 Å². The summed E-state index contributed by atoms with van der Waals surface area (Å²) in [7, 11) is 4.66. The van der Waals surface area contributed by atoms with Crippen molar-refractivity contribution < 1.29 is 23.4 Å². The van der Waals surface area contributed by atoms with Crippen LogP contribution in [0.2, 0.25) is 0 Å². The molecular weight excluding hydrogens is 490 g/mol. The molecule has 0 aliphatic carbocycles. The van der Waals surface area contributed by atoms with Gasteiger partial charge in [0.1, 0.15) is 18.0 Å². The number of alkyl halides is 2. The van der Waals surface area contributed by atoms with Gasteiger partial charge in [-0.25, -0.2) is 13.8 Å². The van der Waals surface area contributed by atoms with Crippen LogP contribution in [0, 0.1) is 0 Å². The summed E-state index contributed by atoms with van der Waals surface area (Å²) in [4.78, 5) is 42.6. The topological polar surface area (TPSA) is 139 Å². The molecule has 11 nitrogen and oxygen atoms in total. The maximum atomic E-state index is 14.3. The first-order chi connectivity index (χ1) is 17.3. The maximum Gasteiger partial charge on any atom is 0.275 e. The van der Waals surface area contributed by atoms with Crippen molar-refractivity contribution in [2.45, 2.75) is 44.3 Å². The normalized spacial score (nSPS) is 19.6. The summed E-state index contributed by atoms with van der Waals surface area (Å²) >= 11 is 0. The fourth-order valence-corrected chi connectivity index (χ4v) is 4.50. The first-order valence-corrected chi connectivity index (χ1v) is 11.6. The minimum Gasteiger partial charge on any atom is -0.504 e. The molecule has 4 rings (SSSR count). The van der Waals surface area contributed by atoms with Crippen molar-refractivity contribution in [3.8, 4) is 5.75 Å². The predicted molar refractivity (Wildman–Crippen MR) is 131 cm³/mol. The molecule has 1 aliphatic rings. The Kier molecular flexibility index (Phi) is 6.52. The standard InChI is InChI=1S/C24H28F2N6O5/c1-6-12-9-32(5)30-14(12)21(23(2)10-24(25,26)11-37-23)29-16-15(19(34)20(16)35)28-13-7-8-27-17(18(13)33)22(36)31(3)4/h7-9,21,29,33H,6,10-11H2,1-5H3,(H,27,28)/t21?,23-/m0/s1. The Morgan fingerprint density at radius 2 is 1.97 bits per heavy atom. The Bertz CT molecular complexity index is 1430. The number of amides is 1. The molecule has 0 bridgehead atoms. The molecule has 3 aromatic rings. The van der Waals surface area contributed by atoms with Crippen molar-refractivity contribution in [2.24, 2.45) is 7.05 Å². The summed E-state index contributed by atoms with van der Waals surface area (Å²) in [6, 6.07) is 0.327. The molecule has 1 saturated heterocycles. The van der Waals surface area contributed by atoms with E-state index in [1.54, 1.807) is 17.9 Å². The lowest BCUT2D eigenvalue weighted by molar-refractivity contribution is -0.0248. The van der Waals surface area contributed by atoms with E-state index in [0.29, 0.717) is 12.1 Å². The van der Waals surface area contributed by atoms with Gasteiger partial charge in [0.15, 0.2) is 11.4 Å². The molecule has 3 heterocycles. The molecule has 198 valence electrons. The molecule has 0 saturated carbocycles. The number of anilines is 3. The first kappa shape index (κ1) is 26.2. The van der Waals surface area contributed by atoms with Gasteiger partial charge in [0.25, 0.3) is 22.7 Å². The molecular formula is C24H28F2N6O5. The van der Waals surface area contributed by atoms with Crippen LogP contribution in [0.4, 0.5) is 25.8 Å². The zero-order valence-electron chi connectivity index (χ0n) is 21.1. The molecule has 37 heavy (non-hydrogen) atoms. The third-order valence-electron chi connectivity index (χ3n) is 6.42. The van der Waals surface area contributed by atoms with Crippen LogP contribution in [-0.4, -0.2) is 62.9 Å². The number of ether oxygens (including phenoxy) is 1. The number of nitrogens with zero attached hydrogens (tertiary/aromatic N) is 4. The molecule has 3 N–H and O–H groups in total. The summed E-state index contributed by atoms with van der Waals surface area (Å²) in [5.74, 6) is -4.16. The Hall–Kier alpha value is -3.87. The van der Waals surface area contributed by atoms with E-state index in [4.69, 9.17) is 4.74 Å². The van der Waals surface area contributed by atoms with E-state index in [0.717, 1.165) is 5.56 Å². The van der Waals surface area contributed by atoms with E-state index in [9.17, 15) is 28.3 Å².